The summed E-state index contributed by atoms with van der Waals surface area (Å²) in [6, 6.07) is 7.45. The number of ether oxygens (including phenoxy) is 1. The van der Waals surface area contributed by atoms with Gasteiger partial charge in [-0.3, -0.25) is 9.79 Å². The highest BCUT2D eigenvalue weighted by atomic mass is 16.5. The highest BCUT2D eigenvalue weighted by Gasteiger charge is 2.07. The summed E-state index contributed by atoms with van der Waals surface area (Å²) in [7, 11) is 0. The lowest BCUT2D eigenvalue weighted by atomic mass is 10.1. The van der Waals surface area contributed by atoms with E-state index in [-0.39, 0.29) is 6.61 Å². The molecule has 0 spiro atoms. The van der Waals surface area contributed by atoms with E-state index in [1.54, 1.807) is 6.07 Å². The van der Waals surface area contributed by atoms with Crippen LogP contribution in [0.15, 0.2) is 29.3 Å². The summed E-state index contributed by atoms with van der Waals surface area (Å²) in [4.78, 5) is 15.0. The number of benzene rings is 1. The van der Waals surface area contributed by atoms with E-state index >= 15 is 0 Å². The monoisotopic (exact) mass is 233 g/mol. The van der Waals surface area contributed by atoms with Gasteiger partial charge in [0, 0.05) is 18.7 Å². The minimum atomic E-state index is -0.483. The van der Waals surface area contributed by atoms with Crippen molar-refractivity contribution in [2.75, 3.05) is 19.7 Å². The topological polar surface area (TPSA) is 76.7 Å². The number of nitrogens with two attached hydrogens (primary N) is 1. The standard InChI is InChI=1S/C12H15N3O2/c13-11(16)8-17-10-4-1-3-9(7-10)12-14-5-2-6-15-12/h1,3-4,7H,2,5-6,8H2,(H2,13,16)(H,14,15). The number of carbonyl (C=O) groups excluding carboxylic acids is 1. The number of amidine groups is 1. The number of carbonyl (C=O) groups is 1. The summed E-state index contributed by atoms with van der Waals surface area (Å²) in [6.45, 7) is 1.67. The van der Waals surface area contributed by atoms with E-state index in [9.17, 15) is 4.79 Å². The molecule has 0 radical (unpaired) electrons. The molecule has 0 aliphatic carbocycles. The minimum Gasteiger partial charge on any atom is -0.484 e. The van der Waals surface area contributed by atoms with E-state index < -0.39 is 5.91 Å². The van der Waals surface area contributed by atoms with Crippen molar-refractivity contribution in [2.45, 2.75) is 6.42 Å². The predicted octanol–water partition coefficient (Wildman–Crippen LogP) is 0.291. The van der Waals surface area contributed by atoms with E-state index in [2.05, 4.69) is 10.3 Å². The first-order valence-electron chi connectivity index (χ1n) is 5.55. The van der Waals surface area contributed by atoms with E-state index in [0.717, 1.165) is 30.9 Å². The SMILES string of the molecule is NC(=O)COc1cccc(C2=NCCCN2)c1. The maximum atomic E-state index is 10.6. The van der Waals surface area contributed by atoms with Crippen molar-refractivity contribution in [3.63, 3.8) is 0 Å². The molecule has 0 saturated carbocycles. The lowest BCUT2D eigenvalue weighted by Crippen LogP contribution is -2.30. The van der Waals surface area contributed by atoms with Gasteiger partial charge in [0.1, 0.15) is 11.6 Å². The van der Waals surface area contributed by atoms with Crippen molar-refractivity contribution < 1.29 is 9.53 Å². The first-order valence-corrected chi connectivity index (χ1v) is 5.55. The van der Waals surface area contributed by atoms with Gasteiger partial charge in [-0.25, -0.2) is 0 Å². The number of nitrogens with one attached hydrogen (secondary N) is 1. The zero-order valence-electron chi connectivity index (χ0n) is 9.48. The van der Waals surface area contributed by atoms with Gasteiger partial charge >= 0.3 is 0 Å². The van der Waals surface area contributed by atoms with Crippen LogP contribution in [0.5, 0.6) is 5.75 Å². The van der Waals surface area contributed by atoms with Gasteiger partial charge in [0.05, 0.1) is 0 Å². The normalized spacial score (nSPS) is 14.7. The van der Waals surface area contributed by atoms with Crippen molar-refractivity contribution in [3.05, 3.63) is 29.8 Å². The quantitative estimate of drug-likeness (QED) is 0.784. The van der Waals surface area contributed by atoms with Gasteiger partial charge in [-0.15, -0.1) is 0 Å². The average Bonchev–Trinajstić information content (AvgIpc) is 2.38. The minimum absolute atomic E-state index is 0.108. The molecular formula is C12H15N3O2. The Bertz CT molecular complexity index is 443. The van der Waals surface area contributed by atoms with Gasteiger partial charge in [0.25, 0.3) is 5.91 Å². The maximum absolute atomic E-state index is 10.6. The fourth-order valence-corrected chi connectivity index (χ4v) is 1.61. The number of nitrogens with zero attached hydrogens (tertiary/aromatic N) is 1. The Morgan fingerprint density at radius 3 is 3.12 bits per heavy atom. The molecule has 0 bridgehead atoms. The average molecular weight is 233 g/mol. The second kappa shape index (κ2) is 5.34. The van der Waals surface area contributed by atoms with Gasteiger partial charge in [-0.2, -0.15) is 0 Å². The Hall–Kier alpha value is -2.04. The number of rotatable bonds is 4. The molecule has 5 nitrogen and oxygen atoms in total. The van der Waals surface area contributed by atoms with Gasteiger partial charge in [0.15, 0.2) is 6.61 Å². The third-order valence-corrected chi connectivity index (χ3v) is 2.39. The first-order chi connectivity index (χ1) is 8.25. The molecule has 1 amide bonds. The molecule has 2 rings (SSSR count). The molecular weight excluding hydrogens is 218 g/mol. The molecule has 3 N–H and O–H groups in total. The third-order valence-electron chi connectivity index (χ3n) is 2.39. The summed E-state index contributed by atoms with van der Waals surface area (Å²) in [5.74, 6) is 1.01. The molecule has 0 unspecified atom stereocenters. The fraction of sp³-hybridized carbons (Fsp3) is 0.333. The highest BCUT2D eigenvalue weighted by Crippen LogP contribution is 2.14. The van der Waals surface area contributed by atoms with Crippen molar-refractivity contribution in [3.8, 4) is 5.75 Å². The Kier molecular flexibility index (Phi) is 3.59. The number of primary amides is 1. The Morgan fingerprint density at radius 1 is 1.53 bits per heavy atom. The number of hydrogen-bond acceptors (Lipinski definition) is 4. The predicted molar refractivity (Wildman–Crippen MR) is 65.2 cm³/mol. The van der Waals surface area contributed by atoms with Crippen LogP contribution in [0.25, 0.3) is 0 Å². The molecule has 17 heavy (non-hydrogen) atoms. The van der Waals surface area contributed by atoms with Crippen LogP contribution in [0.1, 0.15) is 12.0 Å². The van der Waals surface area contributed by atoms with Crippen molar-refractivity contribution in [1.29, 1.82) is 0 Å². The van der Waals surface area contributed by atoms with E-state index in [0.29, 0.717) is 5.75 Å². The molecule has 0 aromatic heterocycles. The molecule has 90 valence electrons. The molecule has 1 aliphatic rings. The third kappa shape index (κ3) is 3.21. The smallest absolute Gasteiger partial charge is 0.255 e. The van der Waals surface area contributed by atoms with E-state index in [4.69, 9.17) is 10.5 Å². The molecule has 0 fully saturated rings. The Labute approximate surface area is 99.7 Å². The summed E-state index contributed by atoms with van der Waals surface area (Å²) in [6.07, 6.45) is 1.06. The summed E-state index contributed by atoms with van der Waals surface area (Å²) in [5.41, 5.74) is 5.99. The molecule has 1 aromatic carbocycles. The summed E-state index contributed by atoms with van der Waals surface area (Å²) in [5, 5.41) is 3.23. The summed E-state index contributed by atoms with van der Waals surface area (Å²) < 4.78 is 5.24. The second-order valence-electron chi connectivity index (χ2n) is 3.79. The maximum Gasteiger partial charge on any atom is 0.255 e. The number of amides is 1. The molecule has 1 aromatic rings. The number of aliphatic imine (C=N–C) groups is 1. The van der Waals surface area contributed by atoms with Crippen LogP contribution >= 0.6 is 0 Å². The zero-order valence-corrected chi connectivity index (χ0v) is 9.48. The van der Waals surface area contributed by atoms with Crippen molar-refractivity contribution in [2.24, 2.45) is 10.7 Å². The fourth-order valence-electron chi connectivity index (χ4n) is 1.61. The van der Waals surface area contributed by atoms with Crippen molar-refractivity contribution >= 4 is 11.7 Å². The van der Waals surface area contributed by atoms with E-state index in [1.165, 1.54) is 0 Å². The van der Waals surface area contributed by atoms with Gasteiger partial charge in [0.2, 0.25) is 0 Å². The number of hydrogen-bond donors (Lipinski definition) is 2. The molecule has 1 heterocycles. The van der Waals surface area contributed by atoms with Crippen LogP contribution in [0.2, 0.25) is 0 Å². The van der Waals surface area contributed by atoms with Crippen LogP contribution in [0, 0.1) is 0 Å². The molecule has 0 saturated heterocycles. The summed E-state index contributed by atoms with van der Waals surface area (Å²) >= 11 is 0. The molecule has 1 aliphatic heterocycles. The lowest BCUT2D eigenvalue weighted by molar-refractivity contribution is -0.119. The first kappa shape index (κ1) is 11.4. The lowest BCUT2D eigenvalue weighted by Gasteiger charge is -2.15. The molecule has 0 atom stereocenters. The van der Waals surface area contributed by atoms with Crippen LogP contribution in [0.3, 0.4) is 0 Å². The highest BCUT2D eigenvalue weighted by molar-refractivity contribution is 5.99. The van der Waals surface area contributed by atoms with Crippen LogP contribution < -0.4 is 15.8 Å². The Balaban J connectivity index is 2.10. The molecule has 5 heteroatoms. The van der Waals surface area contributed by atoms with Crippen LogP contribution in [-0.4, -0.2) is 31.4 Å². The van der Waals surface area contributed by atoms with Gasteiger partial charge < -0.3 is 15.8 Å². The van der Waals surface area contributed by atoms with Crippen LogP contribution in [-0.2, 0) is 4.79 Å². The van der Waals surface area contributed by atoms with Gasteiger partial charge in [-0.05, 0) is 18.6 Å². The van der Waals surface area contributed by atoms with E-state index in [1.807, 2.05) is 18.2 Å². The van der Waals surface area contributed by atoms with Crippen molar-refractivity contribution in [1.82, 2.24) is 5.32 Å². The second-order valence-corrected chi connectivity index (χ2v) is 3.79. The van der Waals surface area contributed by atoms with Crippen LogP contribution in [0.4, 0.5) is 0 Å². The largest absolute Gasteiger partial charge is 0.484 e. The van der Waals surface area contributed by atoms with Gasteiger partial charge in [-0.1, -0.05) is 12.1 Å². The Morgan fingerprint density at radius 2 is 2.41 bits per heavy atom. The zero-order chi connectivity index (χ0) is 12.1.